The molecule has 0 aliphatic carbocycles. The fourth-order valence-corrected chi connectivity index (χ4v) is 8.85. The van der Waals surface area contributed by atoms with Crippen LogP contribution in [-0.4, -0.2) is 188 Å². The molecule has 1 aliphatic heterocycles. The monoisotopic (exact) mass is 1170 g/mol. The van der Waals surface area contributed by atoms with Gasteiger partial charge in [-0.2, -0.15) is 0 Å². The van der Waals surface area contributed by atoms with E-state index < -0.39 is 151 Å². The predicted octanol–water partition coefficient (Wildman–Crippen LogP) is -5.88. The lowest BCUT2D eigenvalue weighted by molar-refractivity contribution is -0.137. The zero-order valence-electron chi connectivity index (χ0n) is 48.4. The minimum absolute atomic E-state index is 0.0134. The van der Waals surface area contributed by atoms with E-state index in [1.54, 1.807) is 44.2 Å². The van der Waals surface area contributed by atoms with Gasteiger partial charge >= 0.3 is 0 Å². The Labute approximate surface area is 485 Å². The first-order valence-electron chi connectivity index (χ1n) is 28.7. The Morgan fingerprint density at radius 1 is 0.566 bits per heavy atom. The molecule has 0 bridgehead atoms. The maximum Gasteiger partial charge on any atom is 0.245 e. The van der Waals surface area contributed by atoms with Crippen molar-refractivity contribution >= 4 is 65.0 Å². The van der Waals surface area contributed by atoms with E-state index in [1.165, 1.54) is 6.92 Å². The number of hydrogen-bond donors (Lipinski definition) is 18. The summed E-state index contributed by atoms with van der Waals surface area (Å²) in [7, 11) is 0. The summed E-state index contributed by atoms with van der Waals surface area (Å²) < 4.78 is 0. The molecule has 29 heteroatoms. The fourth-order valence-electron chi connectivity index (χ4n) is 8.85. The molecule has 468 valence electrons. The molecule has 0 radical (unpaired) electrons. The number of benzene rings is 1. The Morgan fingerprint density at radius 3 is 1.55 bits per heavy atom. The van der Waals surface area contributed by atoms with Gasteiger partial charge in [0.1, 0.15) is 60.4 Å². The highest BCUT2D eigenvalue weighted by molar-refractivity contribution is 5.99. The third-order valence-corrected chi connectivity index (χ3v) is 13.5. The molecular formula is C54H94N16O13. The van der Waals surface area contributed by atoms with Gasteiger partial charge in [0, 0.05) is 19.4 Å². The van der Waals surface area contributed by atoms with Gasteiger partial charge < -0.3 is 97.4 Å². The van der Waals surface area contributed by atoms with E-state index in [2.05, 4.69) is 65.4 Å². The molecule has 0 spiro atoms. The predicted molar refractivity (Wildman–Crippen MR) is 307 cm³/mol. The number of amides is 11. The number of hydrogen-bond acceptors (Lipinski definition) is 18. The standard InChI is InChI=1S/C54H94N16O13/c1-5-6-7-8-12-15-43(73)61-34(16-22-55)51(80)70-44(32(4)72)54(83)66-38(20-26-59)47(76)65-39-21-27-60-45(74)42(30-71)69-49(78)37(19-25-58)62-46(75)35(17-23-56)64-52(81)40(28-31(2)3)67-53(82)41(29-33-13-10-9-11-14-33)68-48(77)36(18-24-57)63-50(39)79/h9-11,13-14,31-32,34-42,44,71-72H,5-8,12,15-30,55-59H2,1-4H3,(H,60,74)(H,61,73)(H,62,75)(H,63,79)(H,64,81)(H,65,76)(H,66,83)(H,67,82)(H,68,77)(H,69,78)(H,70,80)/t32-,34+,35+,36+,37+,38+,39+,40+,41-,42+,44+/m1/s1. The Balaban J connectivity index is 2.65. The van der Waals surface area contributed by atoms with E-state index in [1.807, 2.05) is 0 Å². The van der Waals surface area contributed by atoms with Gasteiger partial charge in [-0.3, -0.25) is 52.7 Å². The van der Waals surface area contributed by atoms with Crippen molar-refractivity contribution in [2.75, 3.05) is 45.9 Å². The van der Waals surface area contributed by atoms with Gasteiger partial charge in [-0.05, 0) is 102 Å². The van der Waals surface area contributed by atoms with Crippen LogP contribution in [0.1, 0.15) is 117 Å². The van der Waals surface area contributed by atoms with Crippen LogP contribution >= 0.6 is 0 Å². The van der Waals surface area contributed by atoms with Crippen LogP contribution in [0.25, 0.3) is 0 Å². The summed E-state index contributed by atoms with van der Waals surface area (Å²) in [4.78, 5) is 153. The zero-order chi connectivity index (χ0) is 62.0. The Morgan fingerprint density at radius 2 is 1.05 bits per heavy atom. The molecular weight excluding hydrogens is 1080 g/mol. The van der Waals surface area contributed by atoms with E-state index in [0.717, 1.165) is 25.7 Å². The molecule has 29 nitrogen and oxygen atoms in total. The van der Waals surface area contributed by atoms with Crippen LogP contribution in [-0.2, 0) is 59.2 Å². The third-order valence-electron chi connectivity index (χ3n) is 13.5. The summed E-state index contributed by atoms with van der Waals surface area (Å²) in [6, 6.07) is -6.15. The number of carbonyl (C=O) groups is 11. The van der Waals surface area contributed by atoms with E-state index in [9.17, 15) is 63.0 Å². The van der Waals surface area contributed by atoms with Gasteiger partial charge in [0.05, 0.1) is 12.7 Å². The Bertz CT molecular complexity index is 2250. The summed E-state index contributed by atoms with van der Waals surface area (Å²) in [5.41, 5.74) is 29.8. The molecule has 0 aromatic heterocycles. The smallest absolute Gasteiger partial charge is 0.245 e. The highest BCUT2D eigenvalue weighted by atomic mass is 16.3. The lowest BCUT2D eigenvalue weighted by Gasteiger charge is -2.29. The quantitative estimate of drug-likeness (QED) is 0.0332. The van der Waals surface area contributed by atoms with E-state index >= 15 is 0 Å². The largest absolute Gasteiger partial charge is 0.394 e. The number of rotatable bonds is 29. The van der Waals surface area contributed by atoms with Gasteiger partial charge in [-0.25, -0.2) is 0 Å². The third kappa shape index (κ3) is 26.5. The first kappa shape index (κ1) is 72.2. The second kappa shape index (κ2) is 39.6. The summed E-state index contributed by atoms with van der Waals surface area (Å²) in [6.07, 6.45) is 1.63. The molecule has 1 aromatic rings. The van der Waals surface area contributed by atoms with Crippen molar-refractivity contribution in [1.82, 2.24) is 58.5 Å². The maximum absolute atomic E-state index is 14.5. The SMILES string of the molecule is CCCCCCCC(=O)N[C@@H](CCN)C(=O)N[C@H](C(=O)N[C@@H](CCN)C(=O)N[C@H]1CCNC(=O)[C@H](CO)NC(=O)[C@H](CCN)NC(=O)[C@H](CCN)NC(=O)[C@H](CC(C)C)NC(=O)[C@@H](Cc2ccccc2)NC(=O)[C@H](CCN)NC1=O)[C@@H](C)O. The first-order valence-corrected chi connectivity index (χ1v) is 28.7. The molecule has 0 saturated carbocycles. The minimum atomic E-state index is -1.69. The van der Waals surface area contributed by atoms with Crippen LogP contribution < -0.4 is 87.2 Å². The average Bonchev–Trinajstić information content (AvgIpc) is 3.49. The zero-order valence-corrected chi connectivity index (χ0v) is 48.4. The Kier molecular flexibility index (Phi) is 34.4. The van der Waals surface area contributed by atoms with Crippen molar-refractivity contribution in [3.63, 3.8) is 0 Å². The first-order chi connectivity index (χ1) is 39.6. The number of aliphatic hydroxyl groups excluding tert-OH is 2. The molecule has 83 heavy (non-hydrogen) atoms. The van der Waals surface area contributed by atoms with Gasteiger partial charge in [0.15, 0.2) is 0 Å². The fraction of sp³-hybridized carbons (Fsp3) is 0.685. The van der Waals surface area contributed by atoms with Gasteiger partial charge in [-0.1, -0.05) is 76.8 Å². The summed E-state index contributed by atoms with van der Waals surface area (Å²) in [5.74, 6) is -9.92. The van der Waals surface area contributed by atoms with Crippen LogP contribution in [0.5, 0.6) is 0 Å². The van der Waals surface area contributed by atoms with Crippen LogP contribution in [0, 0.1) is 5.92 Å². The lowest BCUT2D eigenvalue weighted by atomic mass is 10.00. The minimum Gasteiger partial charge on any atom is -0.394 e. The molecule has 1 heterocycles. The second-order valence-electron chi connectivity index (χ2n) is 21.0. The van der Waals surface area contributed by atoms with Crippen LogP contribution in [0.2, 0.25) is 0 Å². The molecule has 23 N–H and O–H groups in total. The molecule has 11 atom stereocenters. The van der Waals surface area contributed by atoms with Crippen LogP contribution in [0.4, 0.5) is 0 Å². The second-order valence-corrected chi connectivity index (χ2v) is 21.0. The summed E-state index contributed by atoms with van der Waals surface area (Å²) in [6.45, 7) is 4.73. The van der Waals surface area contributed by atoms with Crippen molar-refractivity contribution < 1.29 is 63.0 Å². The molecule has 0 unspecified atom stereocenters. The van der Waals surface area contributed by atoms with Gasteiger partial charge in [0.25, 0.3) is 0 Å². The van der Waals surface area contributed by atoms with E-state index in [4.69, 9.17) is 28.7 Å². The molecule has 1 fully saturated rings. The number of nitrogens with one attached hydrogen (secondary N) is 11. The van der Waals surface area contributed by atoms with Crippen LogP contribution in [0.15, 0.2) is 30.3 Å². The number of carbonyl (C=O) groups excluding carboxylic acids is 11. The summed E-state index contributed by atoms with van der Waals surface area (Å²) in [5, 5.41) is 49.0. The molecule has 1 saturated heterocycles. The molecule has 1 aromatic carbocycles. The van der Waals surface area contributed by atoms with E-state index in [0.29, 0.717) is 12.0 Å². The van der Waals surface area contributed by atoms with Crippen LogP contribution in [0.3, 0.4) is 0 Å². The lowest BCUT2D eigenvalue weighted by Crippen LogP contribution is -2.62. The number of aliphatic hydroxyl groups is 2. The molecule has 11 amide bonds. The molecule has 1 aliphatic rings. The van der Waals surface area contributed by atoms with Crippen molar-refractivity contribution in [3.8, 4) is 0 Å². The van der Waals surface area contributed by atoms with Crippen molar-refractivity contribution in [1.29, 1.82) is 0 Å². The highest BCUT2D eigenvalue weighted by Gasteiger charge is 2.37. The topological polar surface area (TPSA) is 491 Å². The Hall–Kier alpha value is -6.89. The maximum atomic E-state index is 14.5. The van der Waals surface area contributed by atoms with E-state index in [-0.39, 0.29) is 90.0 Å². The van der Waals surface area contributed by atoms with Crippen molar-refractivity contribution in [2.24, 2.45) is 34.6 Å². The average molecular weight is 1180 g/mol. The van der Waals surface area contributed by atoms with Crippen molar-refractivity contribution in [2.45, 2.75) is 184 Å². The highest BCUT2D eigenvalue weighted by Crippen LogP contribution is 2.12. The number of unbranched alkanes of at least 4 members (excludes halogenated alkanes) is 4. The van der Waals surface area contributed by atoms with Gasteiger partial charge in [0.2, 0.25) is 65.0 Å². The number of nitrogens with two attached hydrogens (primary N) is 5. The van der Waals surface area contributed by atoms with Gasteiger partial charge in [-0.15, -0.1) is 0 Å². The summed E-state index contributed by atoms with van der Waals surface area (Å²) >= 11 is 0. The van der Waals surface area contributed by atoms with Crippen molar-refractivity contribution in [3.05, 3.63) is 35.9 Å². The normalized spacial score (nSPS) is 22.4. The molecule has 2 rings (SSSR count).